The molecule has 1 aliphatic heterocycles. The summed E-state index contributed by atoms with van der Waals surface area (Å²) in [4.78, 5) is 24.0. The molecular weight excluding hydrogens is 523 g/mol. The van der Waals surface area contributed by atoms with Crippen molar-refractivity contribution in [2.24, 2.45) is 0 Å². The molecule has 2 aromatic carbocycles. The van der Waals surface area contributed by atoms with E-state index in [0.717, 1.165) is 16.4 Å². The van der Waals surface area contributed by atoms with Crippen LogP contribution < -0.4 is 10.0 Å². The van der Waals surface area contributed by atoms with Crippen LogP contribution in [0, 0.1) is 3.57 Å². The molecule has 160 valence electrons. The van der Waals surface area contributed by atoms with Gasteiger partial charge in [-0.15, -0.1) is 0 Å². The van der Waals surface area contributed by atoms with E-state index in [-0.39, 0.29) is 16.6 Å². The normalized spacial score (nSPS) is 16.1. The zero-order chi connectivity index (χ0) is 21.6. The Balaban J connectivity index is 1.57. The van der Waals surface area contributed by atoms with E-state index in [9.17, 15) is 18.0 Å². The van der Waals surface area contributed by atoms with E-state index in [0.29, 0.717) is 18.8 Å². The van der Waals surface area contributed by atoms with Gasteiger partial charge < -0.3 is 14.8 Å². The second kappa shape index (κ2) is 10.2. The standard InChI is InChI=1S/C20H21IN2O6S/c21-15-6-8-16(9-7-15)23-30(26,27)18-5-1-3-14(11-18)20(25)29-13-19(24)22-12-17-4-2-10-28-17/h1,3,5-9,11,17,23H,2,4,10,12-13H2,(H,22,24). The summed E-state index contributed by atoms with van der Waals surface area (Å²) in [7, 11) is -3.88. The fourth-order valence-corrected chi connectivity index (χ4v) is 4.28. The molecule has 1 amide bonds. The van der Waals surface area contributed by atoms with Crippen molar-refractivity contribution in [2.75, 3.05) is 24.5 Å². The number of esters is 1. The van der Waals surface area contributed by atoms with Crippen molar-refractivity contribution in [3.8, 4) is 0 Å². The Kier molecular flexibility index (Phi) is 7.67. The lowest BCUT2D eigenvalue weighted by Crippen LogP contribution is -2.34. The fourth-order valence-electron chi connectivity index (χ4n) is 2.82. The van der Waals surface area contributed by atoms with E-state index >= 15 is 0 Å². The summed E-state index contributed by atoms with van der Waals surface area (Å²) < 4.78 is 39.0. The maximum atomic E-state index is 12.6. The van der Waals surface area contributed by atoms with E-state index < -0.39 is 28.5 Å². The van der Waals surface area contributed by atoms with Crippen molar-refractivity contribution >= 4 is 50.2 Å². The Labute approximate surface area is 188 Å². The lowest BCUT2D eigenvalue weighted by atomic mass is 10.2. The molecule has 1 unspecified atom stereocenters. The van der Waals surface area contributed by atoms with Crippen molar-refractivity contribution in [1.29, 1.82) is 0 Å². The SMILES string of the molecule is O=C(COC(=O)c1cccc(S(=O)(=O)Nc2ccc(I)cc2)c1)NCC1CCCO1. The van der Waals surface area contributed by atoms with E-state index in [4.69, 9.17) is 9.47 Å². The third-order valence-corrected chi connectivity index (χ3v) is 6.46. The lowest BCUT2D eigenvalue weighted by molar-refractivity contribution is -0.124. The molecule has 10 heteroatoms. The molecule has 30 heavy (non-hydrogen) atoms. The van der Waals surface area contributed by atoms with Gasteiger partial charge in [-0.25, -0.2) is 13.2 Å². The molecule has 1 aliphatic rings. The molecule has 2 aromatic rings. The third-order valence-electron chi connectivity index (χ3n) is 4.36. The van der Waals surface area contributed by atoms with Crippen LogP contribution in [0.2, 0.25) is 0 Å². The van der Waals surface area contributed by atoms with Crippen molar-refractivity contribution in [3.05, 3.63) is 57.7 Å². The van der Waals surface area contributed by atoms with Gasteiger partial charge in [0.1, 0.15) is 0 Å². The lowest BCUT2D eigenvalue weighted by Gasteiger charge is -2.11. The van der Waals surface area contributed by atoms with Gasteiger partial charge in [0.2, 0.25) is 0 Å². The molecule has 0 saturated carbocycles. The topological polar surface area (TPSA) is 111 Å². The first kappa shape index (κ1) is 22.5. The summed E-state index contributed by atoms with van der Waals surface area (Å²) >= 11 is 2.12. The molecular formula is C20H21IN2O6S. The number of nitrogens with one attached hydrogen (secondary N) is 2. The second-order valence-electron chi connectivity index (χ2n) is 6.66. The minimum atomic E-state index is -3.88. The molecule has 1 heterocycles. The van der Waals surface area contributed by atoms with Crippen LogP contribution in [-0.2, 0) is 24.3 Å². The summed E-state index contributed by atoms with van der Waals surface area (Å²) in [6.07, 6.45) is 1.84. The Hall–Kier alpha value is -2.18. The highest BCUT2D eigenvalue weighted by molar-refractivity contribution is 14.1. The summed E-state index contributed by atoms with van der Waals surface area (Å²) in [5.74, 6) is -1.23. The van der Waals surface area contributed by atoms with Crippen LogP contribution in [0.15, 0.2) is 53.4 Å². The smallest absolute Gasteiger partial charge is 0.338 e. The number of carbonyl (C=O) groups is 2. The van der Waals surface area contributed by atoms with Gasteiger partial charge in [0.15, 0.2) is 6.61 Å². The minimum Gasteiger partial charge on any atom is -0.452 e. The second-order valence-corrected chi connectivity index (χ2v) is 9.58. The summed E-state index contributed by atoms with van der Waals surface area (Å²) in [6, 6.07) is 12.3. The molecule has 3 rings (SSSR count). The number of hydrogen-bond donors (Lipinski definition) is 2. The first-order valence-electron chi connectivity index (χ1n) is 9.27. The number of amides is 1. The maximum Gasteiger partial charge on any atom is 0.338 e. The molecule has 1 fully saturated rings. The van der Waals surface area contributed by atoms with Crippen LogP contribution in [0.25, 0.3) is 0 Å². The Bertz CT molecular complexity index is 1000. The number of carbonyl (C=O) groups excluding carboxylic acids is 2. The van der Waals surface area contributed by atoms with E-state index in [2.05, 4.69) is 32.6 Å². The average Bonchev–Trinajstić information content (AvgIpc) is 3.26. The average molecular weight is 544 g/mol. The van der Waals surface area contributed by atoms with Gasteiger partial charge in [0, 0.05) is 22.4 Å². The van der Waals surface area contributed by atoms with E-state index in [1.54, 1.807) is 24.3 Å². The van der Waals surface area contributed by atoms with Crippen LogP contribution in [0.3, 0.4) is 0 Å². The molecule has 0 aromatic heterocycles. The van der Waals surface area contributed by atoms with Crippen LogP contribution in [0.4, 0.5) is 5.69 Å². The van der Waals surface area contributed by atoms with Gasteiger partial charge in [0.05, 0.1) is 16.6 Å². The minimum absolute atomic E-state index is 0.00730. The number of rotatable bonds is 8. The molecule has 1 saturated heterocycles. The van der Waals surface area contributed by atoms with Crippen molar-refractivity contribution in [1.82, 2.24) is 5.32 Å². The molecule has 2 N–H and O–H groups in total. The fraction of sp³-hybridized carbons (Fsp3) is 0.300. The number of hydrogen-bond acceptors (Lipinski definition) is 6. The van der Waals surface area contributed by atoms with Gasteiger partial charge >= 0.3 is 5.97 Å². The Morgan fingerprint density at radius 3 is 2.63 bits per heavy atom. The van der Waals surface area contributed by atoms with Crippen molar-refractivity contribution in [3.63, 3.8) is 0 Å². The number of ether oxygens (including phenoxy) is 2. The first-order valence-corrected chi connectivity index (χ1v) is 11.8. The van der Waals surface area contributed by atoms with E-state index in [1.165, 1.54) is 24.3 Å². The molecule has 1 atom stereocenters. The first-order chi connectivity index (χ1) is 14.3. The molecule has 0 radical (unpaired) electrons. The van der Waals surface area contributed by atoms with Crippen LogP contribution in [0.5, 0.6) is 0 Å². The van der Waals surface area contributed by atoms with Gasteiger partial charge in [-0.2, -0.15) is 0 Å². The number of benzene rings is 2. The summed E-state index contributed by atoms with van der Waals surface area (Å²) in [6.45, 7) is 0.602. The van der Waals surface area contributed by atoms with Gasteiger partial charge in [0.25, 0.3) is 15.9 Å². The van der Waals surface area contributed by atoms with Crippen molar-refractivity contribution in [2.45, 2.75) is 23.8 Å². The predicted molar refractivity (Wildman–Crippen MR) is 119 cm³/mol. The summed E-state index contributed by atoms with van der Waals surface area (Å²) in [5.41, 5.74) is 0.443. The van der Waals surface area contributed by atoms with Gasteiger partial charge in [-0.05, 0) is 77.9 Å². The van der Waals surface area contributed by atoms with Crippen LogP contribution in [0.1, 0.15) is 23.2 Å². The number of anilines is 1. The molecule has 0 bridgehead atoms. The third kappa shape index (κ3) is 6.41. The van der Waals surface area contributed by atoms with E-state index in [1.807, 2.05) is 0 Å². The quantitative estimate of drug-likeness (QED) is 0.391. The largest absolute Gasteiger partial charge is 0.452 e. The zero-order valence-electron chi connectivity index (χ0n) is 16.0. The maximum absolute atomic E-state index is 12.6. The van der Waals surface area contributed by atoms with Crippen molar-refractivity contribution < 1.29 is 27.5 Å². The monoisotopic (exact) mass is 544 g/mol. The number of halogens is 1. The predicted octanol–water partition coefficient (Wildman–Crippen LogP) is 2.54. The van der Waals surface area contributed by atoms with Gasteiger partial charge in [-0.1, -0.05) is 6.07 Å². The highest BCUT2D eigenvalue weighted by Crippen LogP contribution is 2.18. The van der Waals surface area contributed by atoms with Crippen LogP contribution in [-0.4, -0.2) is 46.2 Å². The molecule has 0 aliphatic carbocycles. The Morgan fingerprint density at radius 1 is 1.17 bits per heavy atom. The summed E-state index contributed by atoms with van der Waals surface area (Å²) in [5, 5.41) is 2.65. The number of sulfonamides is 1. The highest BCUT2D eigenvalue weighted by atomic mass is 127. The Morgan fingerprint density at radius 2 is 1.93 bits per heavy atom. The zero-order valence-corrected chi connectivity index (χ0v) is 18.9. The van der Waals surface area contributed by atoms with Crippen LogP contribution >= 0.6 is 22.6 Å². The van der Waals surface area contributed by atoms with Gasteiger partial charge in [-0.3, -0.25) is 9.52 Å². The highest BCUT2D eigenvalue weighted by Gasteiger charge is 2.19. The molecule has 8 nitrogen and oxygen atoms in total. The molecule has 0 spiro atoms.